The second kappa shape index (κ2) is 8.11. The van der Waals surface area contributed by atoms with Crippen LogP contribution in [0.3, 0.4) is 0 Å². The molecular weight excluding hydrogens is 382 g/mol. The average Bonchev–Trinajstić information content (AvgIpc) is 2.67. The van der Waals surface area contributed by atoms with E-state index in [9.17, 15) is 15.4 Å². The van der Waals surface area contributed by atoms with Gasteiger partial charge >= 0.3 is 0 Å². The summed E-state index contributed by atoms with van der Waals surface area (Å²) < 4.78 is 0. The highest BCUT2D eigenvalue weighted by molar-refractivity contribution is 6.32. The molecule has 0 aliphatic heterocycles. The molecule has 0 bridgehead atoms. The minimum atomic E-state index is -0.553. The highest BCUT2D eigenvalue weighted by atomic mass is 35.5. The number of non-ortho nitro benzene ring substituents is 1. The van der Waals surface area contributed by atoms with E-state index in [1.807, 2.05) is 36.4 Å². The number of para-hydroxylation sites is 1. The number of benzene rings is 2. The van der Waals surface area contributed by atoms with Gasteiger partial charge in [0.2, 0.25) is 11.9 Å². The number of hydrogen-bond donors (Lipinski definition) is 2. The first-order chi connectivity index (χ1) is 13.5. The number of nitro groups is 1. The van der Waals surface area contributed by atoms with Crippen molar-refractivity contribution in [2.24, 2.45) is 0 Å². The van der Waals surface area contributed by atoms with Gasteiger partial charge < -0.3 is 11.1 Å². The first kappa shape index (κ1) is 18.8. The molecule has 0 saturated heterocycles. The zero-order valence-electron chi connectivity index (χ0n) is 14.2. The van der Waals surface area contributed by atoms with E-state index >= 15 is 0 Å². The molecule has 3 rings (SSSR count). The van der Waals surface area contributed by atoms with Gasteiger partial charge in [-0.3, -0.25) is 10.1 Å². The molecule has 9 nitrogen and oxygen atoms in total. The number of nitriles is 1. The number of rotatable bonds is 5. The molecular formula is C18H12ClN7O2. The van der Waals surface area contributed by atoms with Crippen molar-refractivity contribution in [3.63, 3.8) is 0 Å². The van der Waals surface area contributed by atoms with Crippen molar-refractivity contribution in [3.8, 4) is 6.07 Å². The fourth-order valence-corrected chi connectivity index (χ4v) is 2.45. The zero-order valence-corrected chi connectivity index (χ0v) is 15.0. The predicted molar refractivity (Wildman–Crippen MR) is 106 cm³/mol. The Hall–Kier alpha value is -4.03. The van der Waals surface area contributed by atoms with Gasteiger partial charge in [-0.25, -0.2) is 0 Å². The van der Waals surface area contributed by atoms with Crippen LogP contribution in [-0.2, 0) is 0 Å². The van der Waals surface area contributed by atoms with Crippen LogP contribution < -0.4 is 11.1 Å². The standard InChI is InChI=1S/C18H12ClN7O2/c19-15-7-6-14(26(27)28)9-11(15)8-12(10-20)16-23-17(21)25-18(24-16)22-13-4-2-1-3-5-13/h1-9H,(H3,21,22,23,24,25)/b12-8+. The summed E-state index contributed by atoms with van der Waals surface area (Å²) in [5.74, 6) is 0.0747. The normalized spacial score (nSPS) is 10.9. The van der Waals surface area contributed by atoms with E-state index in [4.69, 9.17) is 17.3 Å². The van der Waals surface area contributed by atoms with Crippen molar-refractivity contribution < 1.29 is 4.92 Å². The summed E-state index contributed by atoms with van der Waals surface area (Å²) in [6, 6.07) is 15.0. The SMILES string of the molecule is N#C/C(=C\c1cc([N+](=O)[O-])ccc1Cl)c1nc(N)nc(Nc2ccccc2)n1. The Bertz CT molecular complexity index is 1110. The summed E-state index contributed by atoms with van der Waals surface area (Å²) in [5.41, 5.74) is 6.61. The number of nitro benzene ring substituents is 1. The fraction of sp³-hybridized carbons (Fsp3) is 0. The number of halogens is 1. The van der Waals surface area contributed by atoms with E-state index < -0.39 is 4.92 Å². The van der Waals surface area contributed by atoms with Gasteiger partial charge in [0.1, 0.15) is 6.07 Å². The van der Waals surface area contributed by atoms with Crippen LogP contribution >= 0.6 is 11.6 Å². The van der Waals surface area contributed by atoms with Crippen LogP contribution in [0.5, 0.6) is 0 Å². The molecule has 3 N–H and O–H groups in total. The number of nitrogens with one attached hydrogen (secondary N) is 1. The van der Waals surface area contributed by atoms with E-state index in [0.29, 0.717) is 0 Å². The van der Waals surface area contributed by atoms with Gasteiger partial charge in [-0.15, -0.1) is 0 Å². The fourth-order valence-electron chi connectivity index (χ4n) is 2.28. The maximum absolute atomic E-state index is 11.0. The number of nitrogens with zero attached hydrogens (tertiary/aromatic N) is 5. The summed E-state index contributed by atoms with van der Waals surface area (Å²) in [7, 11) is 0. The number of hydrogen-bond acceptors (Lipinski definition) is 8. The highest BCUT2D eigenvalue weighted by Gasteiger charge is 2.13. The lowest BCUT2D eigenvalue weighted by atomic mass is 10.1. The Morgan fingerprint density at radius 2 is 1.96 bits per heavy atom. The predicted octanol–water partition coefficient (Wildman–Crippen LogP) is 3.82. The molecule has 10 heteroatoms. The van der Waals surface area contributed by atoms with Gasteiger partial charge in [0.25, 0.3) is 5.69 Å². The topological polar surface area (TPSA) is 144 Å². The Balaban J connectivity index is 2.01. The summed E-state index contributed by atoms with van der Waals surface area (Å²) in [6.07, 6.45) is 1.36. The molecule has 0 atom stereocenters. The van der Waals surface area contributed by atoms with E-state index in [1.165, 1.54) is 24.3 Å². The third kappa shape index (κ3) is 4.38. The van der Waals surface area contributed by atoms with E-state index in [-0.39, 0.29) is 39.6 Å². The zero-order chi connectivity index (χ0) is 20.1. The quantitative estimate of drug-likeness (QED) is 0.378. The van der Waals surface area contributed by atoms with Gasteiger partial charge in [-0.2, -0.15) is 20.2 Å². The van der Waals surface area contributed by atoms with Gasteiger partial charge in [-0.1, -0.05) is 29.8 Å². The molecule has 28 heavy (non-hydrogen) atoms. The molecule has 0 radical (unpaired) electrons. The second-order valence-electron chi connectivity index (χ2n) is 5.46. The molecule has 0 fully saturated rings. The molecule has 1 aromatic heterocycles. The third-order valence-electron chi connectivity index (χ3n) is 3.53. The molecule has 3 aromatic rings. The molecule has 0 aliphatic carbocycles. The summed E-state index contributed by atoms with van der Waals surface area (Å²) in [6.45, 7) is 0. The van der Waals surface area contributed by atoms with Crippen LogP contribution in [-0.4, -0.2) is 19.9 Å². The molecule has 0 aliphatic rings. The van der Waals surface area contributed by atoms with E-state index in [2.05, 4.69) is 20.3 Å². The van der Waals surface area contributed by atoms with Crippen LogP contribution in [0.25, 0.3) is 11.6 Å². The Kier molecular flexibility index (Phi) is 5.43. The van der Waals surface area contributed by atoms with Crippen molar-refractivity contribution in [1.29, 1.82) is 5.26 Å². The van der Waals surface area contributed by atoms with Crippen LogP contribution in [0.4, 0.5) is 23.3 Å². The van der Waals surface area contributed by atoms with Gasteiger partial charge in [0.05, 0.1) is 10.5 Å². The lowest BCUT2D eigenvalue weighted by Crippen LogP contribution is -2.06. The van der Waals surface area contributed by atoms with E-state index in [1.54, 1.807) is 0 Å². The largest absolute Gasteiger partial charge is 0.368 e. The van der Waals surface area contributed by atoms with E-state index in [0.717, 1.165) is 5.69 Å². The number of nitrogen functional groups attached to an aromatic ring is 1. The molecule has 0 spiro atoms. The molecule has 0 amide bonds. The number of allylic oxidation sites excluding steroid dienone is 1. The maximum Gasteiger partial charge on any atom is 0.270 e. The smallest absolute Gasteiger partial charge is 0.270 e. The molecule has 2 aromatic carbocycles. The van der Waals surface area contributed by atoms with Gasteiger partial charge in [0, 0.05) is 28.4 Å². The van der Waals surface area contributed by atoms with Crippen molar-refractivity contribution in [1.82, 2.24) is 15.0 Å². The molecule has 138 valence electrons. The van der Waals surface area contributed by atoms with Crippen LogP contribution in [0.15, 0.2) is 48.5 Å². The lowest BCUT2D eigenvalue weighted by Gasteiger charge is -2.07. The second-order valence-corrected chi connectivity index (χ2v) is 5.87. The van der Waals surface area contributed by atoms with Crippen molar-refractivity contribution in [2.45, 2.75) is 0 Å². The molecule has 0 unspecified atom stereocenters. The van der Waals surface area contributed by atoms with Crippen LogP contribution in [0.1, 0.15) is 11.4 Å². The number of anilines is 3. The summed E-state index contributed by atoms with van der Waals surface area (Å²) in [5, 5.41) is 23.7. The first-order valence-electron chi connectivity index (χ1n) is 7.86. The Morgan fingerprint density at radius 1 is 1.21 bits per heavy atom. The monoisotopic (exact) mass is 393 g/mol. The molecule has 1 heterocycles. The van der Waals surface area contributed by atoms with Crippen LogP contribution in [0.2, 0.25) is 5.02 Å². The summed E-state index contributed by atoms with van der Waals surface area (Å²) >= 11 is 6.09. The third-order valence-corrected chi connectivity index (χ3v) is 3.88. The summed E-state index contributed by atoms with van der Waals surface area (Å²) in [4.78, 5) is 22.6. The minimum Gasteiger partial charge on any atom is -0.368 e. The first-order valence-corrected chi connectivity index (χ1v) is 8.24. The van der Waals surface area contributed by atoms with Crippen molar-refractivity contribution in [3.05, 3.63) is 75.1 Å². The molecule has 0 saturated carbocycles. The van der Waals surface area contributed by atoms with Crippen molar-refractivity contribution in [2.75, 3.05) is 11.1 Å². The Labute approximate surface area is 164 Å². The van der Waals surface area contributed by atoms with Crippen LogP contribution in [0, 0.1) is 21.4 Å². The van der Waals surface area contributed by atoms with Gasteiger partial charge in [-0.05, 0) is 24.3 Å². The lowest BCUT2D eigenvalue weighted by molar-refractivity contribution is -0.384. The number of nitrogens with two attached hydrogens (primary N) is 1. The Morgan fingerprint density at radius 3 is 2.64 bits per heavy atom. The number of aromatic nitrogens is 3. The average molecular weight is 394 g/mol. The maximum atomic E-state index is 11.0. The minimum absolute atomic E-state index is 0.0102. The van der Waals surface area contributed by atoms with Crippen molar-refractivity contribution >= 4 is 46.5 Å². The highest BCUT2D eigenvalue weighted by Crippen LogP contribution is 2.26. The van der Waals surface area contributed by atoms with Gasteiger partial charge in [0.15, 0.2) is 5.82 Å².